The number of halogens is 1. The normalized spacial score (nSPS) is 14.6. The number of benzene rings is 2. The van der Waals surface area contributed by atoms with Crippen LogP contribution in [0.2, 0.25) is 0 Å². The summed E-state index contributed by atoms with van der Waals surface area (Å²) >= 11 is 0. The van der Waals surface area contributed by atoms with Crippen molar-refractivity contribution < 1.29 is 14.0 Å². The number of hydrogen-bond donors (Lipinski definition) is 0. The van der Waals surface area contributed by atoms with E-state index in [1.54, 1.807) is 28.9 Å². The molecule has 1 aliphatic heterocycles. The molecule has 0 radical (unpaired) electrons. The second-order valence-electron chi connectivity index (χ2n) is 5.91. The van der Waals surface area contributed by atoms with Gasteiger partial charge in [-0.25, -0.2) is 4.39 Å². The number of amides is 2. The van der Waals surface area contributed by atoms with Crippen molar-refractivity contribution in [3.8, 4) is 0 Å². The fraction of sp³-hybridized carbons (Fsp3) is 0.263. The highest BCUT2D eigenvalue weighted by atomic mass is 19.1. The van der Waals surface area contributed by atoms with Crippen LogP contribution in [0.5, 0.6) is 0 Å². The molecule has 4 nitrogen and oxygen atoms in total. The molecule has 0 spiro atoms. The Morgan fingerprint density at radius 1 is 0.875 bits per heavy atom. The number of rotatable bonds is 2. The summed E-state index contributed by atoms with van der Waals surface area (Å²) in [5.74, 6) is -0.470. The number of aryl methyl sites for hydroxylation is 1. The minimum absolute atomic E-state index is 0.0133. The predicted octanol–water partition coefficient (Wildman–Crippen LogP) is 2.73. The Morgan fingerprint density at radius 2 is 1.46 bits per heavy atom. The van der Waals surface area contributed by atoms with Gasteiger partial charge >= 0.3 is 0 Å². The molecule has 0 aliphatic carbocycles. The summed E-state index contributed by atoms with van der Waals surface area (Å²) in [5, 5.41) is 0. The van der Waals surface area contributed by atoms with E-state index >= 15 is 0 Å². The quantitative estimate of drug-likeness (QED) is 0.851. The van der Waals surface area contributed by atoms with Crippen LogP contribution in [0.25, 0.3) is 0 Å². The Kier molecular flexibility index (Phi) is 4.60. The Morgan fingerprint density at radius 3 is 2.04 bits per heavy atom. The van der Waals surface area contributed by atoms with Gasteiger partial charge in [0.2, 0.25) is 0 Å². The molecule has 1 saturated heterocycles. The topological polar surface area (TPSA) is 40.6 Å². The zero-order chi connectivity index (χ0) is 17.1. The molecule has 0 atom stereocenters. The van der Waals surface area contributed by atoms with Crippen molar-refractivity contribution in [2.75, 3.05) is 26.2 Å². The van der Waals surface area contributed by atoms with Crippen molar-refractivity contribution in [2.45, 2.75) is 6.92 Å². The van der Waals surface area contributed by atoms with E-state index in [2.05, 4.69) is 0 Å². The SMILES string of the molecule is Cc1cc(F)ccc1C(=O)N1CCN(C(=O)c2ccccc2)CC1. The van der Waals surface area contributed by atoms with Crippen LogP contribution < -0.4 is 0 Å². The van der Waals surface area contributed by atoms with Gasteiger partial charge in [0, 0.05) is 37.3 Å². The lowest BCUT2D eigenvalue weighted by atomic mass is 10.1. The molecule has 2 aromatic carbocycles. The van der Waals surface area contributed by atoms with Crippen LogP contribution >= 0.6 is 0 Å². The van der Waals surface area contributed by atoms with Crippen molar-refractivity contribution >= 4 is 11.8 Å². The van der Waals surface area contributed by atoms with Crippen LogP contribution in [0.1, 0.15) is 26.3 Å². The van der Waals surface area contributed by atoms with Gasteiger partial charge in [-0.3, -0.25) is 9.59 Å². The van der Waals surface area contributed by atoms with E-state index in [4.69, 9.17) is 0 Å². The minimum Gasteiger partial charge on any atom is -0.335 e. The van der Waals surface area contributed by atoms with E-state index in [-0.39, 0.29) is 17.6 Å². The molecule has 124 valence electrons. The Hall–Kier alpha value is -2.69. The smallest absolute Gasteiger partial charge is 0.254 e. The molecule has 24 heavy (non-hydrogen) atoms. The zero-order valence-electron chi connectivity index (χ0n) is 13.5. The molecule has 3 rings (SSSR count). The van der Waals surface area contributed by atoms with Crippen molar-refractivity contribution in [1.82, 2.24) is 9.80 Å². The van der Waals surface area contributed by atoms with Gasteiger partial charge in [0.1, 0.15) is 5.82 Å². The van der Waals surface area contributed by atoms with E-state index in [0.29, 0.717) is 42.9 Å². The molecule has 2 aromatic rings. The monoisotopic (exact) mass is 326 g/mol. The zero-order valence-corrected chi connectivity index (χ0v) is 13.5. The van der Waals surface area contributed by atoms with Crippen LogP contribution in [-0.4, -0.2) is 47.8 Å². The molecular weight excluding hydrogens is 307 g/mol. The van der Waals surface area contributed by atoms with Crippen molar-refractivity contribution in [3.63, 3.8) is 0 Å². The highest BCUT2D eigenvalue weighted by Gasteiger charge is 2.26. The van der Waals surface area contributed by atoms with Crippen LogP contribution in [0.15, 0.2) is 48.5 Å². The highest BCUT2D eigenvalue weighted by molar-refractivity contribution is 5.96. The Labute approximate surface area is 140 Å². The van der Waals surface area contributed by atoms with Gasteiger partial charge < -0.3 is 9.80 Å². The van der Waals surface area contributed by atoms with Crippen LogP contribution in [0, 0.1) is 12.7 Å². The second-order valence-corrected chi connectivity index (χ2v) is 5.91. The fourth-order valence-electron chi connectivity index (χ4n) is 2.91. The van der Waals surface area contributed by atoms with E-state index in [9.17, 15) is 14.0 Å². The standard InChI is InChI=1S/C19H19FN2O2/c1-14-13-16(20)7-8-17(14)19(24)22-11-9-21(10-12-22)18(23)15-5-3-2-4-6-15/h2-8,13H,9-12H2,1H3. The third-order valence-electron chi connectivity index (χ3n) is 4.29. The maximum atomic E-state index is 13.2. The first-order valence-corrected chi connectivity index (χ1v) is 7.96. The predicted molar refractivity (Wildman–Crippen MR) is 89.4 cm³/mol. The van der Waals surface area contributed by atoms with Gasteiger partial charge in [-0.1, -0.05) is 18.2 Å². The van der Waals surface area contributed by atoms with Crippen molar-refractivity contribution in [2.24, 2.45) is 0 Å². The lowest BCUT2D eigenvalue weighted by Gasteiger charge is -2.35. The molecule has 1 fully saturated rings. The number of piperazine rings is 1. The van der Waals surface area contributed by atoms with Crippen molar-refractivity contribution in [3.05, 3.63) is 71.0 Å². The molecule has 0 saturated carbocycles. The average Bonchev–Trinajstić information content (AvgIpc) is 2.61. The molecular formula is C19H19FN2O2. The third-order valence-corrected chi connectivity index (χ3v) is 4.29. The molecule has 0 unspecified atom stereocenters. The molecule has 1 aliphatic rings. The molecule has 2 amide bonds. The van der Waals surface area contributed by atoms with Gasteiger partial charge in [0.25, 0.3) is 11.8 Å². The van der Waals surface area contributed by atoms with Crippen LogP contribution in [0.4, 0.5) is 4.39 Å². The first kappa shape index (κ1) is 16.2. The van der Waals surface area contributed by atoms with Crippen LogP contribution in [0.3, 0.4) is 0 Å². The summed E-state index contributed by atoms with van der Waals surface area (Å²) in [6.45, 7) is 3.69. The second kappa shape index (κ2) is 6.83. The molecule has 0 bridgehead atoms. The van der Waals surface area contributed by atoms with Crippen molar-refractivity contribution in [1.29, 1.82) is 0 Å². The van der Waals surface area contributed by atoms with E-state index < -0.39 is 0 Å². The number of nitrogens with zero attached hydrogens (tertiary/aromatic N) is 2. The largest absolute Gasteiger partial charge is 0.335 e. The lowest BCUT2D eigenvalue weighted by Crippen LogP contribution is -2.50. The molecule has 1 heterocycles. The van der Waals surface area contributed by atoms with E-state index in [1.807, 2.05) is 18.2 Å². The van der Waals surface area contributed by atoms with Gasteiger partial charge in [0.15, 0.2) is 0 Å². The molecule has 5 heteroatoms. The van der Waals surface area contributed by atoms with Gasteiger partial charge in [-0.05, 0) is 42.8 Å². The van der Waals surface area contributed by atoms with E-state index in [0.717, 1.165) is 0 Å². The number of hydrogen-bond acceptors (Lipinski definition) is 2. The maximum absolute atomic E-state index is 13.2. The van der Waals surface area contributed by atoms with Crippen LogP contribution in [-0.2, 0) is 0 Å². The van der Waals surface area contributed by atoms with Gasteiger partial charge in [-0.2, -0.15) is 0 Å². The molecule has 0 aromatic heterocycles. The third kappa shape index (κ3) is 3.30. The average molecular weight is 326 g/mol. The molecule has 0 N–H and O–H groups in total. The summed E-state index contributed by atoms with van der Waals surface area (Å²) in [6, 6.07) is 13.3. The lowest BCUT2D eigenvalue weighted by molar-refractivity contribution is 0.0535. The van der Waals surface area contributed by atoms with Gasteiger partial charge in [-0.15, -0.1) is 0 Å². The Balaban J connectivity index is 1.64. The summed E-state index contributed by atoms with van der Waals surface area (Å²) < 4.78 is 13.2. The Bertz CT molecular complexity index is 753. The summed E-state index contributed by atoms with van der Waals surface area (Å²) in [7, 11) is 0. The summed E-state index contributed by atoms with van der Waals surface area (Å²) in [5.41, 5.74) is 1.80. The van der Waals surface area contributed by atoms with E-state index in [1.165, 1.54) is 18.2 Å². The highest BCUT2D eigenvalue weighted by Crippen LogP contribution is 2.15. The summed E-state index contributed by atoms with van der Waals surface area (Å²) in [4.78, 5) is 28.5. The number of carbonyl (C=O) groups excluding carboxylic acids is 2. The number of carbonyl (C=O) groups is 2. The minimum atomic E-state index is -0.345. The fourth-order valence-corrected chi connectivity index (χ4v) is 2.91. The first-order valence-electron chi connectivity index (χ1n) is 7.96. The van der Waals surface area contributed by atoms with Gasteiger partial charge in [0.05, 0.1) is 0 Å². The summed E-state index contributed by atoms with van der Waals surface area (Å²) in [6.07, 6.45) is 0. The maximum Gasteiger partial charge on any atom is 0.254 e. The first-order chi connectivity index (χ1) is 11.6.